The molecule has 1 fully saturated rings. The Balaban J connectivity index is 1.71. The van der Waals surface area contributed by atoms with Crippen molar-refractivity contribution >= 4 is 11.6 Å². The lowest BCUT2D eigenvalue weighted by Gasteiger charge is -2.34. The molecule has 2 heterocycles. The van der Waals surface area contributed by atoms with Crippen molar-refractivity contribution in [1.29, 1.82) is 0 Å². The van der Waals surface area contributed by atoms with Crippen molar-refractivity contribution in [3.63, 3.8) is 0 Å². The lowest BCUT2D eigenvalue weighted by atomic mass is 10.0. The molecular weight excluding hydrogens is 342 g/mol. The molecule has 1 aromatic heterocycles. The Labute approximate surface area is 160 Å². The van der Waals surface area contributed by atoms with E-state index in [4.69, 9.17) is 4.74 Å². The molecule has 0 spiro atoms. The lowest BCUT2D eigenvalue weighted by Crippen LogP contribution is -2.42. The molecule has 1 saturated heterocycles. The van der Waals surface area contributed by atoms with Gasteiger partial charge in [0.1, 0.15) is 6.54 Å². The van der Waals surface area contributed by atoms with Gasteiger partial charge in [-0.15, -0.1) is 0 Å². The van der Waals surface area contributed by atoms with Crippen molar-refractivity contribution in [3.05, 3.63) is 53.3 Å². The van der Waals surface area contributed by atoms with E-state index in [1.807, 2.05) is 45.0 Å². The van der Waals surface area contributed by atoms with Crippen molar-refractivity contribution in [2.75, 3.05) is 26.3 Å². The van der Waals surface area contributed by atoms with Gasteiger partial charge in [-0.3, -0.25) is 14.4 Å². The van der Waals surface area contributed by atoms with Crippen LogP contribution in [0.15, 0.2) is 41.5 Å². The van der Waals surface area contributed by atoms with E-state index in [1.54, 1.807) is 4.68 Å². The van der Waals surface area contributed by atoms with E-state index >= 15 is 0 Å². The Hall–Kier alpha value is -2.51. The Morgan fingerprint density at radius 3 is 2.59 bits per heavy atom. The molecule has 1 aliphatic heterocycles. The number of nitrogens with one attached hydrogen (secondary N) is 1. The molecule has 3 rings (SSSR count). The quantitative estimate of drug-likeness (QED) is 0.625. The van der Waals surface area contributed by atoms with E-state index in [1.165, 1.54) is 0 Å². The second-order valence-electron chi connectivity index (χ2n) is 6.83. The van der Waals surface area contributed by atoms with Gasteiger partial charge in [-0.1, -0.05) is 30.3 Å². The predicted octanol–water partition coefficient (Wildman–Crippen LogP) is 2.07. The number of amides is 1. The second-order valence-corrected chi connectivity index (χ2v) is 6.83. The number of ether oxygens (including phenoxy) is 1. The maximum atomic E-state index is 12.3. The van der Waals surface area contributed by atoms with Gasteiger partial charge in [0, 0.05) is 18.8 Å². The van der Waals surface area contributed by atoms with Gasteiger partial charge < -0.3 is 4.74 Å². The van der Waals surface area contributed by atoms with Crippen molar-refractivity contribution in [2.24, 2.45) is 5.10 Å². The first kappa shape index (κ1) is 19.3. The van der Waals surface area contributed by atoms with E-state index in [0.29, 0.717) is 13.2 Å². The Kier molecular flexibility index (Phi) is 6.36. The first-order valence-electron chi connectivity index (χ1n) is 9.25. The third-order valence-electron chi connectivity index (χ3n) is 4.68. The molecule has 1 N–H and O–H groups in total. The smallest absolute Gasteiger partial charge is 0.261 e. The number of hydrogen-bond acceptors (Lipinski definition) is 5. The highest BCUT2D eigenvalue weighted by Gasteiger charge is 2.25. The minimum absolute atomic E-state index is 0.0177. The number of carbonyl (C=O) groups is 1. The molecule has 7 nitrogen and oxygen atoms in total. The first-order chi connectivity index (χ1) is 13.0. The summed E-state index contributed by atoms with van der Waals surface area (Å²) in [6.07, 6.45) is 0. The number of aromatic nitrogens is 2. The number of morpholine rings is 1. The van der Waals surface area contributed by atoms with Crippen LogP contribution >= 0.6 is 0 Å². The molecule has 1 atom stereocenters. The average molecular weight is 369 g/mol. The molecule has 1 aliphatic rings. The van der Waals surface area contributed by atoms with Gasteiger partial charge >= 0.3 is 0 Å². The summed E-state index contributed by atoms with van der Waals surface area (Å²) < 4.78 is 7.17. The van der Waals surface area contributed by atoms with Crippen molar-refractivity contribution in [2.45, 2.75) is 33.4 Å². The third-order valence-corrected chi connectivity index (χ3v) is 4.68. The molecule has 27 heavy (non-hydrogen) atoms. The number of carbonyl (C=O) groups excluding carboxylic acids is 1. The molecule has 144 valence electrons. The highest BCUT2D eigenvalue weighted by Crippen LogP contribution is 2.23. The molecule has 2 aromatic rings. The van der Waals surface area contributed by atoms with Gasteiger partial charge in [-0.25, -0.2) is 5.43 Å². The van der Waals surface area contributed by atoms with Gasteiger partial charge in [0.15, 0.2) is 0 Å². The summed E-state index contributed by atoms with van der Waals surface area (Å²) >= 11 is 0. The first-order valence-corrected chi connectivity index (χ1v) is 9.25. The minimum atomic E-state index is -0.186. The zero-order chi connectivity index (χ0) is 19.2. The van der Waals surface area contributed by atoms with E-state index in [-0.39, 0.29) is 18.5 Å². The van der Waals surface area contributed by atoms with Crippen LogP contribution in [0.4, 0.5) is 0 Å². The van der Waals surface area contributed by atoms with Gasteiger partial charge in [0.05, 0.1) is 30.7 Å². The molecule has 0 bridgehead atoms. The van der Waals surface area contributed by atoms with Crippen LogP contribution in [-0.2, 0) is 16.1 Å². The molecular formula is C20H27N5O2. The maximum Gasteiger partial charge on any atom is 0.261 e. The summed E-state index contributed by atoms with van der Waals surface area (Å²) in [5, 5.41) is 8.72. The van der Waals surface area contributed by atoms with Gasteiger partial charge in [0.2, 0.25) is 0 Å². The number of nitrogens with zero attached hydrogens (tertiary/aromatic N) is 4. The molecule has 1 amide bonds. The fourth-order valence-corrected chi connectivity index (χ4v) is 3.41. The fourth-order valence-electron chi connectivity index (χ4n) is 3.41. The Bertz CT molecular complexity index is 794. The van der Waals surface area contributed by atoms with Crippen LogP contribution in [0, 0.1) is 13.8 Å². The lowest BCUT2D eigenvalue weighted by molar-refractivity contribution is -0.121. The zero-order valence-corrected chi connectivity index (χ0v) is 16.2. The van der Waals surface area contributed by atoms with Crippen molar-refractivity contribution in [3.8, 4) is 0 Å². The highest BCUT2D eigenvalue weighted by atomic mass is 16.5. The molecule has 0 aliphatic carbocycles. The van der Waals surface area contributed by atoms with Crippen molar-refractivity contribution < 1.29 is 9.53 Å². The summed E-state index contributed by atoms with van der Waals surface area (Å²) in [4.78, 5) is 14.6. The molecule has 0 unspecified atom stereocenters. The molecule has 0 saturated carbocycles. The largest absolute Gasteiger partial charge is 0.379 e. The standard InChI is InChI=1S/C20H27N5O2/c1-15-13-16(2)25(23-15)14-19(26)22-21-17(3)20(18-7-5-4-6-8-18)24-9-11-27-12-10-24/h4-8,13,20H,9-12,14H2,1-3H3,(H,22,26)/b21-17-/t20-/m1/s1. The number of benzene rings is 1. The Morgan fingerprint density at radius 2 is 1.96 bits per heavy atom. The van der Waals surface area contributed by atoms with E-state index in [9.17, 15) is 4.79 Å². The normalized spacial score (nSPS) is 16.9. The SMILES string of the molecule is C/C(=N/NC(=O)Cn1nc(C)cc1C)[C@H](c1ccccc1)N1CCOCC1. The number of hydrogen-bond donors (Lipinski definition) is 1. The van der Waals surface area contributed by atoms with E-state index in [0.717, 1.165) is 35.8 Å². The predicted molar refractivity (Wildman–Crippen MR) is 105 cm³/mol. The highest BCUT2D eigenvalue weighted by molar-refractivity contribution is 5.89. The third kappa shape index (κ3) is 5.02. The van der Waals surface area contributed by atoms with E-state index < -0.39 is 0 Å². The summed E-state index contributed by atoms with van der Waals surface area (Å²) in [6.45, 7) is 9.06. The van der Waals surface area contributed by atoms with Crippen molar-refractivity contribution in [1.82, 2.24) is 20.1 Å². The van der Waals surface area contributed by atoms with Crippen LogP contribution in [0.5, 0.6) is 0 Å². The van der Waals surface area contributed by atoms with Gasteiger partial charge in [-0.05, 0) is 32.4 Å². The van der Waals surface area contributed by atoms with Gasteiger partial charge in [0.25, 0.3) is 5.91 Å². The average Bonchev–Trinajstić information content (AvgIpc) is 2.99. The van der Waals surface area contributed by atoms with Crippen LogP contribution in [0.2, 0.25) is 0 Å². The van der Waals surface area contributed by atoms with Crippen LogP contribution in [0.1, 0.15) is 29.9 Å². The molecule has 0 radical (unpaired) electrons. The maximum absolute atomic E-state index is 12.3. The monoisotopic (exact) mass is 369 g/mol. The Morgan fingerprint density at radius 1 is 1.26 bits per heavy atom. The number of aryl methyl sites for hydroxylation is 2. The van der Waals surface area contributed by atoms with Crippen LogP contribution in [0.25, 0.3) is 0 Å². The zero-order valence-electron chi connectivity index (χ0n) is 16.2. The molecule has 1 aromatic carbocycles. The van der Waals surface area contributed by atoms with Crippen LogP contribution in [-0.4, -0.2) is 52.6 Å². The van der Waals surface area contributed by atoms with Crippen LogP contribution < -0.4 is 5.43 Å². The second kappa shape index (κ2) is 8.92. The minimum Gasteiger partial charge on any atom is -0.379 e. The topological polar surface area (TPSA) is 71.8 Å². The van der Waals surface area contributed by atoms with Gasteiger partial charge in [-0.2, -0.15) is 10.2 Å². The number of rotatable bonds is 6. The van der Waals surface area contributed by atoms with Crippen LogP contribution in [0.3, 0.4) is 0 Å². The summed E-state index contributed by atoms with van der Waals surface area (Å²) in [6, 6.07) is 12.2. The number of hydrazone groups is 1. The summed E-state index contributed by atoms with van der Waals surface area (Å²) in [5.74, 6) is -0.186. The van der Waals surface area contributed by atoms with E-state index in [2.05, 4.69) is 32.7 Å². The summed E-state index contributed by atoms with van der Waals surface area (Å²) in [7, 11) is 0. The summed E-state index contributed by atoms with van der Waals surface area (Å²) in [5.41, 5.74) is 6.56. The molecule has 7 heteroatoms. The fraction of sp³-hybridized carbons (Fsp3) is 0.450.